The van der Waals surface area contributed by atoms with Crippen LogP contribution in [0.2, 0.25) is 0 Å². The minimum absolute atomic E-state index is 0.317. The molecule has 2 aromatic carbocycles. The number of carbonyl (C=O) groups is 1. The van der Waals surface area contributed by atoms with Crippen LogP contribution in [0.1, 0.15) is 17.3 Å². The first-order valence-electron chi connectivity index (χ1n) is 6.52. The number of nitrogen functional groups attached to an aromatic ring is 1. The third-order valence-corrected chi connectivity index (χ3v) is 2.81. The zero-order valence-electron chi connectivity index (χ0n) is 12.0. The molecule has 0 aliphatic rings. The molecule has 5 nitrogen and oxygen atoms in total. The number of rotatable bonds is 5. The molecule has 0 aliphatic heterocycles. The first-order chi connectivity index (χ1) is 10.1. The maximum absolute atomic E-state index is 11.7. The zero-order valence-corrected chi connectivity index (χ0v) is 12.0. The van der Waals surface area contributed by atoms with Crippen LogP contribution in [0.4, 0.5) is 5.69 Å². The van der Waals surface area contributed by atoms with Crippen LogP contribution in [-0.2, 0) is 4.74 Å². The van der Waals surface area contributed by atoms with E-state index in [1.807, 2.05) is 0 Å². The van der Waals surface area contributed by atoms with E-state index in [1.165, 1.54) is 0 Å². The number of anilines is 1. The summed E-state index contributed by atoms with van der Waals surface area (Å²) in [5.74, 6) is 1.34. The van der Waals surface area contributed by atoms with Gasteiger partial charge in [-0.15, -0.1) is 0 Å². The SMILES string of the molecule is CCOC(=O)c1ccc(N)c(Oc2ccc(OC)cc2)c1. The lowest BCUT2D eigenvalue weighted by Gasteiger charge is -2.10. The molecule has 0 spiro atoms. The van der Waals surface area contributed by atoms with E-state index in [4.69, 9.17) is 19.9 Å². The summed E-state index contributed by atoms with van der Waals surface area (Å²) >= 11 is 0. The van der Waals surface area contributed by atoms with E-state index in [0.29, 0.717) is 29.4 Å². The number of benzene rings is 2. The lowest BCUT2D eigenvalue weighted by Crippen LogP contribution is -2.05. The van der Waals surface area contributed by atoms with E-state index < -0.39 is 5.97 Å². The Balaban J connectivity index is 2.21. The van der Waals surface area contributed by atoms with Gasteiger partial charge in [-0.05, 0) is 49.4 Å². The summed E-state index contributed by atoms with van der Waals surface area (Å²) < 4.78 is 15.7. The maximum atomic E-state index is 11.7. The van der Waals surface area contributed by atoms with Gasteiger partial charge in [0.05, 0.1) is 25.0 Å². The van der Waals surface area contributed by atoms with Gasteiger partial charge < -0.3 is 19.9 Å². The molecule has 2 aromatic rings. The Labute approximate surface area is 123 Å². The molecule has 0 fully saturated rings. The molecular formula is C16H17NO4. The largest absolute Gasteiger partial charge is 0.497 e. The van der Waals surface area contributed by atoms with Gasteiger partial charge in [0.15, 0.2) is 5.75 Å². The van der Waals surface area contributed by atoms with Gasteiger partial charge in [0, 0.05) is 0 Å². The van der Waals surface area contributed by atoms with Crippen LogP contribution in [0.25, 0.3) is 0 Å². The maximum Gasteiger partial charge on any atom is 0.338 e. The van der Waals surface area contributed by atoms with E-state index in [-0.39, 0.29) is 0 Å². The van der Waals surface area contributed by atoms with E-state index in [1.54, 1.807) is 56.5 Å². The standard InChI is InChI=1S/C16H17NO4/c1-3-20-16(18)11-4-9-14(17)15(10-11)21-13-7-5-12(19-2)6-8-13/h4-10H,3,17H2,1-2H3. The Morgan fingerprint density at radius 1 is 1.10 bits per heavy atom. The molecule has 2 rings (SSSR count). The van der Waals surface area contributed by atoms with Crippen LogP contribution in [-0.4, -0.2) is 19.7 Å². The lowest BCUT2D eigenvalue weighted by molar-refractivity contribution is 0.0526. The second-order valence-corrected chi connectivity index (χ2v) is 4.25. The molecular weight excluding hydrogens is 270 g/mol. The van der Waals surface area contributed by atoms with Crippen molar-refractivity contribution < 1.29 is 19.0 Å². The molecule has 110 valence electrons. The van der Waals surface area contributed by atoms with E-state index in [2.05, 4.69) is 0 Å². The normalized spacial score (nSPS) is 10.0. The van der Waals surface area contributed by atoms with Crippen molar-refractivity contribution in [3.63, 3.8) is 0 Å². The number of hydrogen-bond acceptors (Lipinski definition) is 5. The molecule has 0 bridgehead atoms. The highest BCUT2D eigenvalue weighted by Gasteiger charge is 2.10. The molecule has 0 unspecified atom stereocenters. The first-order valence-corrected chi connectivity index (χ1v) is 6.52. The summed E-state index contributed by atoms with van der Waals surface area (Å²) in [5.41, 5.74) is 6.71. The summed E-state index contributed by atoms with van der Waals surface area (Å²) in [6.07, 6.45) is 0. The van der Waals surface area contributed by atoms with Gasteiger partial charge in [-0.25, -0.2) is 4.79 Å². The highest BCUT2D eigenvalue weighted by molar-refractivity contribution is 5.90. The minimum Gasteiger partial charge on any atom is -0.497 e. The number of hydrogen-bond donors (Lipinski definition) is 1. The van der Waals surface area contributed by atoms with Crippen LogP contribution in [0, 0.1) is 0 Å². The molecule has 5 heteroatoms. The van der Waals surface area contributed by atoms with Crippen molar-refractivity contribution in [2.45, 2.75) is 6.92 Å². The van der Waals surface area contributed by atoms with Gasteiger partial charge in [-0.1, -0.05) is 0 Å². The third kappa shape index (κ3) is 3.66. The lowest BCUT2D eigenvalue weighted by atomic mass is 10.2. The first kappa shape index (κ1) is 14.7. The quantitative estimate of drug-likeness (QED) is 0.675. The van der Waals surface area contributed by atoms with Gasteiger partial charge in [-0.2, -0.15) is 0 Å². The van der Waals surface area contributed by atoms with E-state index in [9.17, 15) is 4.79 Å². The van der Waals surface area contributed by atoms with Gasteiger partial charge >= 0.3 is 5.97 Å². The van der Waals surface area contributed by atoms with Gasteiger partial charge in [0.2, 0.25) is 0 Å². The van der Waals surface area contributed by atoms with Crippen molar-refractivity contribution in [1.29, 1.82) is 0 Å². The van der Waals surface area contributed by atoms with Crippen molar-refractivity contribution in [2.24, 2.45) is 0 Å². The predicted octanol–water partition coefficient (Wildman–Crippen LogP) is 3.25. The Morgan fingerprint density at radius 3 is 2.38 bits per heavy atom. The van der Waals surface area contributed by atoms with Crippen LogP contribution < -0.4 is 15.2 Å². The van der Waals surface area contributed by atoms with Crippen LogP contribution in [0.3, 0.4) is 0 Å². The molecule has 0 saturated carbocycles. The Kier molecular flexibility index (Phi) is 4.66. The third-order valence-electron chi connectivity index (χ3n) is 2.81. The number of ether oxygens (including phenoxy) is 3. The Bertz CT molecular complexity index is 623. The molecule has 0 atom stereocenters. The zero-order chi connectivity index (χ0) is 15.2. The summed E-state index contributed by atoms with van der Waals surface area (Å²) in [6, 6.07) is 11.9. The second kappa shape index (κ2) is 6.65. The number of carbonyl (C=O) groups excluding carboxylic acids is 1. The summed E-state index contributed by atoms with van der Waals surface area (Å²) in [5, 5.41) is 0. The van der Waals surface area contributed by atoms with Crippen LogP contribution in [0.15, 0.2) is 42.5 Å². The fraction of sp³-hybridized carbons (Fsp3) is 0.188. The molecule has 0 radical (unpaired) electrons. The molecule has 0 aromatic heterocycles. The van der Waals surface area contributed by atoms with E-state index >= 15 is 0 Å². The number of methoxy groups -OCH3 is 1. The number of esters is 1. The Morgan fingerprint density at radius 2 is 1.76 bits per heavy atom. The topological polar surface area (TPSA) is 70.8 Å². The van der Waals surface area contributed by atoms with Crippen LogP contribution in [0.5, 0.6) is 17.2 Å². The van der Waals surface area contributed by atoms with Gasteiger partial charge in [-0.3, -0.25) is 0 Å². The second-order valence-electron chi connectivity index (χ2n) is 4.25. The summed E-state index contributed by atoms with van der Waals surface area (Å²) in [6.45, 7) is 2.07. The van der Waals surface area contributed by atoms with Crippen LogP contribution >= 0.6 is 0 Å². The average Bonchev–Trinajstić information content (AvgIpc) is 2.50. The molecule has 0 heterocycles. The van der Waals surface area contributed by atoms with Crippen molar-refractivity contribution >= 4 is 11.7 Å². The number of nitrogens with two attached hydrogens (primary N) is 1. The van der Waals surface area contributed by atoms with Gasteiger partial charge in [0.1, 0.15) is 11.5 Å². The fourth-order valence-electron chi connectivity index (χ4n) is 1.73. The summed E-state index contributed by atoms with van der Waals surface area (Å²) in [7, 11) is 1.59. The molecule has 0 amide bonds. The van der Waals surface area contributed by atoms with Crippen molar-refractivity contribution in [2.75, 3.05) is 19.5 Å². The highest BCUT2D eigenvalue weighted by atomic mass is 16.5. The molecule has 0 aliphatic carbocycles. The van der Waals surface area contributed by atoms with Crippen molar-refractivity contribution in [3.05, 3.63) is 48.0 Å². The van der Waals surface area contributed by atoms with Crippen molar-refractivity contribution in [3.8, 4) is 17.2 Å². The van der Waals surface area contributed by atoms with Crippen molar-refractivity contribution in [1.82, 2.24) is 0 Å². The fourth-order valence-corrected chi connectivity index (χ4v) is 1.73. The van der Waals surface area contributed by atoms with Gasteiger partial charge in [0.25, 0.3) is 0 Å². The molecule has 2 N–H and O–H groups in total. The molecule has 21 heavy (non-hydrogen) atoms. The van der Waals surface area contributed by atoms with E-state index in [0.717, 1.165) is 5.75 Å². The molecule has 0 saturated heterocycles. The monoisotopic (exact) mass is 287 g/mol. The highest BCUT2D eigenvalue weighted by Crippen LogP contribution is 2.29. The predicted molar refractivity (Wildman–Crippen MR) is 79.9 cm³/mol. The summed E-state index contributed by atoms with van der Waals surface area (Å²) in [4.78, 5) is 11.7. The smallest absolute Gasteiger partial charge is 0.338 e. The minimum atomic E-state index is -0.405. The average molecular weight is 287 g/mol. The Hall–Kier alpha value is -2.69.